The number of halogens is 1. The molecule has 3 aromatic carbocycles. The molecular formula is C26H21ClN4O2S. The van der Waals surface area contributed by atoms with Gasteiger partial charge in [-0.25, -0.2) is 0 Å². The molecule has 0 unspecified atom stereocenters. The Kier molecular flexibility index (Phi) is 7.80. The lowest BCUT2D eigenvalue weighted by molar-refractivity contribution is -0.123. The largest absolute Gasteiger partial charge is 0.340 e. The summed E-state index contributed by atoms with van der Waals surface area (Å²) in [4.78, 5) is 25.7. The Labute approximate surface area is 206 Å². The number of rotatable bonds is 8. The fourth-order valence-corrected chi connectivity index (χ4v) is 4.07. The molecule has 0 aliphatic rings. The predicted octanol–water partition coefficient (Wildman–Crippen LogP) is 5.24. The van der Waals surface area contributed by atoms with Gasteiger partial charge in [0, 0.05) is 23.1 Å². The van der Waals surface area contributed by atoms with Gasteiger partial charge >= 0.3 is 0 Å². The zero-order chi connectivity index (χ0) is 23.8. The number of benzene rings is 3. The van der Waals surface area contributed by atoms with Crippen molar-refractivity contribution >= 4 is 46.0 Å². The van der Waals surface area contributed by atoms with Gasteiger partial charge in [-0.15, -0.1) is 10.2 Å². The number of nitrogens with one attached hydrogen (secondary N) is 2. The highest BCUT2D eigenvalue weighted by Crippen LogP contribution is 2.27. The van der Waals surface area contributed by atoms with Crippen LogP contribution in [0.3, 0.4) is 0 Å². The summed E-state index contributed by atoms with van der Waals surface area (Å²) in [5.74, 6) is -0.733. The number of amides is 2. The monoisotopic (exact) mass is 488 g/mol. The number of hydrogen-bond acceptors (Lipinski definition) is 5. The van der Waals surface area contributed by atoms with Crippen molar-refractivity contribution in [3.8, 4) is 10.6 Å². The molecule has 2 N–H and O–H groups in total. The predicted molar refractivity (Wildman–Crippen MR) is 137 cm³/mol. The highest BCUT2D eigenvalue weighted by Gasteiger charge is 2.22. The van der Waals surface area contributed by atoms with Crippen LogP contribution >= 0.6 is 22.9 Å². The number of aromatic nitrogens is 2. The number of nitrogens with zero attached hydrogens (tertiary/aromatic N) is 2. The van der Waals surface area contributed by atoms with Crippen molar-refractivity contribution in [3.63, 3.8) is 0 Å². The molecule has 0 spiro atoms. The van der Waals surface area contributed by atoms with Crippen molar-refractivity contribution in [1.82, 2.24) is 15.5 Å². The van der Waals surface area contributed by atoms with E-state index in [0.29, 0.717) is 21.6 Å². The van der Waals surface area contributed by atoms with Gasteiger partial charge in [-0.1, -0.05) is 95.7 Å². The number of carbonyl (C=O) groups excluding carboxylic acids is 2. The molecule has 1 aromatic heterocycles. The van der Waals surface area contributed by atoms with E-state index in [2.05, 4.69) is 20.8 Å². The molecule has 0 aliphatic carbocycles. The van der Waals surface area contributed by atoms with Crippen molar-refractivity contribution in [1.29, 1.82) is 0 Å². The van der Waals surface area contributed by atoms with Crippen LogP contribution < -0.4 is 10.6 Å². The normalized spacial score (nSPS) is 11.8. The lowest BCUT2D eigenvalue weighted by Crippen LogP contribution is -2.44. The van der Waals surface area contributed by atoms with Crippen molar-refractivity contribution < 1.29 is 9.59 Å². The quantitative estimate of drug-likeness (QED) is 0.332. The summed E-state index contributed by atoms with van der Waals surface area (Å²) in [6, 6.07) is 25.4. The van der Waals surface area contributed by atoms with Gasteiger partial charge in [-0.3, -0.25) is 14.9 Å². The summed E-state index contributed by atoms with van der Waals surface area (Å²) in [5, 5.41) is 15.4. The van der Waals surface area contributed by atoms with Crippen LogP contribution in [0.25, 0.3) is 16.6 Å². The van der Waals surface area contributed by atoms with E-state index in [1.807, 2.05) is 72.8 Å². The first-order valence-corrected chi connectivity index (χ1v) is 11.7. The third kappa shape index (κ3) is 6.60. The molecule has 1 heterocycles. The van der Waals surface area contributed by atoms with Crippen LogP contribution in [-0.2, 0) is 16.0 Å². The summed E-state index contributed by atoms with van der Waals surface area (Å²) in [5.41, 5.74) is 2.67. The molecule has 34 heavy (non-hydrogen) atoms. The second kappa shape index (κ2) is 11.4. The van der Waals surface area contributed by atoms with E-state index in [0.717, 1.165) is 16.7 Å². The standard InChI is InChI=1S/C26H21ClN4O2S/c27-21-14-12-20(13-15-21)25-30-31-26(34-25)29-24(33)22(17-19-9-5-2-6-10-19)28-23(32)16-11-18-7-3-1-4-8-18/h1-16,22H,17H2,(H,28,32)(H,29,31,33)/b16-11+/t22-/m1/s1. The average Bonchev–Trinajstić information content (AvgIpc) is 3.32. The zero-order valence-electron chi connectivity index (χ0n) is 18.0. The topological polar surface area (TPSA) is 84.0 Å². The molecule has 2 amide bonds. The van der Waals surface area contributed by atoms with E-state index >= 15 is 0 Å². The Morgan fingerprint density at radius 2 is 1.59 bits per heavy atom. The van der Waals surface area contributed by atoms with E-state index < -0.39 is 6.04 Å². The van der Waals surface area contributed by atoms with Gasteiger partial charge in [0.25, 0.3) is 0 Å². The van der Waals surface area contributed by atoms with Gasteiger partial charge in [-0.2, -0.15) is 0 Å². The van der Waals surface area contributed by atoms with Crippen LogP contribution in [0.1, 0.15) is 11.1 Å². The van der Waals surface area contributed by atoms with Crippen LogP contribution in [0.5, 0.6) is 0 Å². The molecule has 0 radical (unpaired) electrons. The smallest absolute Gasteiger partial charge is 0.249 e. The fraction of sp³-hybridized carbons (Fsp3) is 0.0769. The summed E-state index contributed by atoms with van der Waals surface area (Å²) >= 11 is 7.19. The van der Waals surface area contributed by atoms with Crippen LogP contribution in [0, 0.1) is 0 Å². The van der Waals surface area contributed by atoms with E-state index in [1.54, 1.807) is 18.2 Å². The number of hydrogen-bond donors (Lipinski definition) is 2. The molecule has 1 atom stereocenters. The minimum Gasteiger partial charge on any atom is -0.340 e. The molecule has 0 saturated heterocycles. The van der Waals surface area contributed by atoms with Crippen LogP contribution in [-0.4, -0.2) is 28.1 Å². The molecular weight excluding hydrogens is 468 g/mol. The maximum atomic E-state index is 13.1. The first kappa shape index (κ1) is 23.4. The molecule has 0 fully saturated rings. The minimum atomic E-state index is -0.793. The van der Waals surface area contributed by atoms with Crippen molar-refractivity contribution in [2.24, 2.45) is 0 Å². The molecule has 4 aromatic rings. The van der Waals surface area contributed by atoms with Gasteiger partial charge in [0.1, 0.15) is 11.0 Å². The Morgan fingerprint density at radius 3 is 2.29 bits per heavy atom. The van der Waals surface area contributed by atoms with Crippen LogP contribution in [0.15, 0.2) is 91.0 Å². The summed E-state index contributed by atoms with van der Waals surface area (Å²) in [6.07, 6.45) is 3.46. The molecule has 4 rings (SSSR count). The highest BCUT2D eigenvalue weighted by molar-refractivity contribution is 7.18. The second-order valence-electron chi connectivity index (χ2n) is 7.40. The first-order valence-electron chi connectivity index (χ1n) is 10.5. The highest BCUT2D eigenvalue weighted by atomic mass is 35.5. The summed E-state index contributed by atoms with van der Waals surface area (Å²) in [7, 11) is 0. The van der Waals surface area contributed by atoms with E-state index in [9.17, 15) is 9.59 Å². The lowest BCUT2D eigenvalue weighted by Gasteiger charge is -2.17. The van der Waals surface area contributed by atoms with E-state index in [-0.39, 0.29) is 11.8 Å². The average molecular weight is 489 g/mol. The van der Waals surface area contributed by atoms with Gasteiger partial charge in [-0.05, 0) is 29.3 Å². The maximum Gasteiger partial charge on any atom is 0.249 e. The maximum absolute atomic E-state index is 13.1. The molecule has 170 valence electrons. The Morgan fingerprint density at radius 1 is 0.912 bits per heavy atom. The Hall–Kier alpha value is -3.81. The van der Waals surface area contributed by atoms with Gasteiger partial charge in [0.05, 0.1) is 0 Å². The van der Waals surface area contributed by atoms with Crippen LogP contribution in [0.4, 0.5) is 5.13 Å². The van der Waals surface area contributed by atoms with Crippen molar-refractivity contribution in [2.45, 2.75) is 12.5 Å². The molecule has 6 nitrogen and oxygen atoms in total. The Bertz CT molecular complexity index is 1280. The molecule has 0 bridgehead atoms. The van der Waals surface area contributed by atoms with Crippen molar-refractivity contribution in [3.05, 3.63) is 107 Å². The van der Waals surface area contributed by atoms with Crippen LogP contribution in [0.2, 0.25) is 5.02 Å². The van der Waals surface area contributed by atoms with Crippen molar-refractivity contribution in [2.75, 3.05) is 5.32 Å². The lowest BCUT2D eigenvalue weighted by atomic mass is 10.1. The van der Waals surface area contributed by atoms with E-state index in [1.165, 1.54) is 17.4 Å². The number of carbonyl (C=O) groups is 2. The third-order valence-corrected chi connectivity index (χ3v) is 6.03. The van der Waals surface area contributed by atoms with Gasteiger partial charge < -0.3 is 5.32 Å². The summed E-state index contributed by atoms with van der Waals surface area (Å²) in [6.45, 7) is 0. The Balaban J connectivity index is 1.46. The zero-order valence-corrected chi connectivity index (χ0v) is 19.6. The minimum absolute atomic E-state index is 0.334. The SMILES string of the molecule is O=C(/C=C/c1ccccc1)N[C@H](Cc1ccccc1)C(=O)Nc1nnc(-c2ccc(Cl)cc2)s1. The fourth-order valence-electron chi connectivity index (χ4n) is 3.19. The number of anilines is 1. The summed E-state index contributed by atoms with van der Waals surface area (Å²) < 4.78 is 0. The van der Waals surface area contributed by atoms with E-state index in [4.69, 9.17) is 11.6 Å². The van der Waals surface area contributed by atoms with Gasteiger partial charge in [0.15, 0.2) is 0 Å². The molecule has 0 saturated carbocycles. The third-order valence-electron chi connectivity index (χ3n) is 4.89. The van der Waals surface area contributed by atoms with Gasteiger partial charge in [0.2, 0.25) is 16.9 Å². The second-order valence-corrected chi connectivity index (χ2v) is 8.82. The molecule has 0 aliphatic heterocycles. The first-order chi connectivity index (χ1) is 16.6. The molecule has 8 heteroatoms.